The number of amides is 1. The van der Waals surface area contributed by atoms with Crippen LogP contribution in [0.2, 0.25) is 0 Å². The van der Waals surface area contributed by atoms with Crippen LogP contribution in [-0.4, -0.2) is 5.91 Å². The zero-order valence-corrected chi connectivity index (χ0v) is 13.6. The van der Waals surface area contributed by atoms with Gasteiger partial charge in [0.1, 0.15) is 0 Å². The Bertz CT molecular complexity index is 639. The van der Waals surface area contributed by atoms with Crippen molar-refractivity contribution in [2.45, 2.75) is 33.0 Å². The third-order valence-electron chi connectivity index (χ3n) is 3.59. The molecule has 3 nitrogen and oxygen atoms in total. The standard InChI is InChI=1S/C16H18N2OS.ClH/c1-2-14-5-6-15(20-14)10-18-16(19)11-3-4-12-8-17-9-13(12)7-11;/h3-7,17H,2,8-10H2,1H3,(H,18,19);1H. The fourth-order valence-corrected chi connectivity index (χ4v) is 3.31. The summed E-state index contributed by atoms with van der Waals surface area (Å²) < 4.78 is 0. The predicted molar refractivity (Wildman–Crippen MR) is 89.1 cm³/mol. The Morgan fingerprint density at radius 2 is 1.95 bits per heavy atom. The second-order valence-corrected chi connectivity index (χ2v) is 6.24. The molecule has 0 aliphatic carbocycles. The average Bonchev–Trinajstić information content (AvgIpc) is 3.12. The number of rotatable bonds is 4. The fourth-order valence-electron chi connectivity index (χ4n) is 2.41. The number of carbonyl (C=O) groups excluding carboxylic acids is 1. The molecule has 1 aliphatic heterocycles. The second-order valence-electron chi connectivity index (χ2n) is 4.99. The van der Waals surface area contributed by atoms with E-state index >= 15 is 0 Å². The fraction of sp³-hybridized carbons (Fsp3) is 0.312. The zero-order valence-electron chi connectivity index (χ0n) is 11.9. The maximum atomic E-state index is 12.2. The number of thiophene rings is 1. The molecule has 0 saturated heterocycles. The van der Waals surface area contributed by atoms with Crippen molar-refractivity contribution in [2.75, 3.05) is 0 Å². The summed E-state index contributed by atoms with van der Waals surface area (Å²) in [7, 11) is 0. The van der Waals surface area contributed by atoms with Gasteiger partial charge in [0.15, 0.2) is 0 Å². The Labute approximate surface area is 135 Å². The number of hydrogen-bond acceptors (Lipinski definition) is 3. The zero-order chi connectivity index (χ0) is 13.9. The number of aryl methyl sites for hydroxylation is 1. The molecular weight excluding hydrogens is 304 g/mol. The van der Waals surface area contributed by atoms with E-state index in [-0.39, 0.29) is 18.3 Å². The Kier molecular flexibility index (Phi) is 5.39. The number of benzene rings is 1. The maximum absolute atomic E-state index is 12.2. The molecule has 5 heteroatoms. The van der Waals surface area contributed by atoms with Gasteiger partial charge in [-0.25, -0.2) is 0 Å². The normalized spacial score (nSPS) is 12.6. The van der Waals surface area contributed by atoms with E-state index in [0.29, 0.717) is 6.54 Å². The number of halogens is 1. The molecule has 1 aliphatic rings. The van der Waals surface area contributed by atoms with Crippen LogP contribution in [0.4, 0.5) is 0 Å². The molecule has 1 amide bonds. The molecule has 1 aromatic heterocycles. The van der Waals surface area contributed by atoms with Crippen molar-refractivity contribution >= 4 is 29.7 Å². The van der Waals surface area contributed by atoms with Crippen molar-refractivity contribution in [3.05, 3.63) is 56.8 Å². The predicted octanol–water partition coefficient (Wildman–Crippen LogP) is 3.27. The van der Waals surface area contributed by atoms with Gasteiger partial charge in [0.25, 0.3) is 5.91 Å². The van der Waals surface area contributed by atoms with E-state index in [4.69, 9.17) is 0 Å². The summed E-state index contributed by atoms with van der Waals surface area (Å²) in [6.07, 6.45) is 1.05. The number of hydrogen-bond donors (Lipinski definition) is 2. The quantitative estimate of drug-likeness (QED) is 0.907. The molecular formula is C16H19ClN2OS. The molecule has 0 unspecified atom stereocenters. The summed E-state index contributed by atoms with van der Waals surface area (Å²) in [6, 6.07) is 10.2. The molecule has 0 spiro atoms. The summed E-state index contributed by atoms with van der Waals surface area (Å²) >= 11 is 1.77. The van der Waals surface area contributed by atoms with E-state index in [1.807, 2.05) is 18.2 Å². The first kappa shape index (κ1) is 16.0. The van der Waals surface area contributed by atoms with Gasteiger partial charge in [0.05, 0.1) is 6.54 Å². The Hall–Kier alpha value is -1.36. The van der Waals surface area contributed by atoms with Crippen molar-refractivity contribution in [1.82, 2.24) is 10.6 Å². The molecule has 0 radical (unpaired) electrons. The van der Waals surface area contributed by atoms with Gasteiger partial charge in [0.2, 0.25) is 0 Å². The van der Waals surface area contributed by atoms with E-state index in [0.717, 1.165) is 25.1 Å². The lowest BCUT2D eigenvalue weighted by atomic mass is 10.1. The lowest BCUT2D eigenvalue weighted by molar-refractivity contribution is 0.0951. The molecule has 0 saturated carbocycles. The summed E-state index contributed by atoms with van der Waals surface area (Å²) in [5.74, 6) is 0.00569. The molecule has 3 rings (SSSR count). The van der Waals surface area contributed by atoms with E-state index < -0.39 is 0 Å². The third kappa shape index (κ3) is 3.64. The highest BCUT2D eigenvalue weighted by Crippen LogP contribution is 2.18. The minimum absolute atomic E-state index is 0. The summed E-state index contributed by atoms with van der Waals surface area (Å²) in [6.45, 7) is 4.53. The minimum atomic E-state index is 0. The van der Waals surface area contributed by atoms with Gasteiger partial charge in [-0.3, -0.25) is 4.79 Å². The van der Waals surface area contributed by atoms with Crippen molar-refractivity contribution in [2.24, 2.45) is 0 Å². The van der Waals surface area contributed by atoms with E-state index in [2.05, 4.69) is 29.7 Å². The molecule has 112 valence electrons. The van der Waals surface area contributed by atoms with Crippen LogP contribution in [0.3, 0.4) is 0 Å². The van der Waals surface area contributed by atoms with Crippen molar-refractivity contribution in [3.8, 4) is 0 Å². The second kappa shape index (κ2) is 7.07. The Morgan fingerprint density at radius 1 is 1.19 bits per heavy atom. The maximum Gasteiger partial charge on any atom is 0.251 e. The van der Waals surface area contributed by atoms with Crippen LogP contribution < -0.4 is 10.6 Å². The van der Waals surface area contributed by atoms with E-state index in [1.165, 1.54) is 20.9 Å². The monoisotopic (exact) mass is 322 g/mol. The van der Waals surface area contributed by atoms with Crippen LogP contribution in [0.25, 0.3) is 0 Å². The summed E-state index contributed by atoms with van der Waals surface area (Å²) in [5.41, 5.74) is 3.29. The first-order valence-corrected chi connectivity index (χ1v) is 7.76. The van der Waals surface area contributed by atoms with E-state index in [1.54, 1.807) is 11.3 Å². The Balaban J connectivity index is 0.00000161. The molecule has 0 atom stereocenters. The van der Waals surface area contributed by atoms with Crippen molar-refractivity contribution in [3.63, 3.8) is 0 Å². The van der Waals surface area contributed by atoms with Crippen LogP contribution in [0.1, 0.15) is 38.2 Å². The largest absolute Gasteiger partial charge is 0.347 e. The molecule has 2 heterocycles. The molecule has 0 fully saturated rings. The number of carbonyl (C=O) groups is 1. The average molecular weight is 323 g/mol. The smallest absolute Gasteiger partial charge is 0.251 e. The van der Waals surface area contributed by atoms with Gasteiger partial charge in [-0.1, -0.05) is 13.0 Å². The first-order valence-electron chi connectivity index (χ1n) is 6.94. The van der Waals surface area contributed by atoms with Gasteiger partial charge >= 0.3 is 0 Å². The SMILES string of the molecule is CCc1ccc(CNC(=O)c2ccc3c(c2)CNC3)s1.Cl. The van der Waals surface area contributed by atoms with Crippen LogP contribution in [0, 0.1) is 0 Å². The lowest BCUT2D eigenvalue weighted by Gasteiger charge is -2.05. The number of fused-ring (bicyclic) bond motifs is 1. The highest BCUT2D eigenvalue weighted by molar-refractivity contribution is 7.11. The van der Waals surface area contributed by atoms with Crippen LogP contribution >= 0.6 is 23.7 Å². The van der Waals surface area contributed by atoms with Crippen molar-refractivity contribution in [1.29, 1.82) is 0 Å². The third-order valence-corrected chi connectivity index (χ3v) is 4.82. The van der Waals surface area contributed by atoms with Gasteiger partial charge in [0, 0.05) is 28.4 Å². The first-order chi connectivity index (χ1) is 9.76. The van der Waals surface area contributed by atoms with Crippen LogP contribution in [0.15, 0.2) is 30.3 Å². The molecule has 1 aromatic carbocycles. The molecule has 0 bridgehead atoms. The van der Waals surface area contributed by atoms with Crippen LogP contribution in [-0.2, 0) is 26.1 Å². The highest BCUT2D eigenvalue weighted by atomic mass is 35.5. The highest BCUT2D eigenvalue weighted by Gasteiger charge is 2.13. The number of nitrogens with one attached hydrogen (secondary N) is 2. The van der Waals surface area contributed by atoms with Crippen molar-refractivity contribution < 1.29 is 4.79 Å². The minimum Gasteiger partial charge on any atom is -0.347 e. The summed E-state index contributed by atoms with van der Waals surface area (Å²) in [4.78, 5) is 14.7. The van der Waals surface area contributed by atoms with Gasteiger partial charge < -0.3 is 10.6 Å². The van der Waals surface area contributed by atoms with E-state index in [9.17, 15) is 4.79 Å². The molecule has 2 N–H and O–H groups in total. The van der Waals surface area contributed by atoms with Crippen LogP contribution in [0.5, 0.6) is 0 Å². The topological polar surface area (TPSA) is 41.1 Å². The molecule has 2 aromatic rings. The molecule has 21 heavy (non-hydrogen) atoms. The van der Waals surface area contributed by atoms with Gasteiger partial charge in [-0.2, -0.15) is 0 Å². The summed E-state index contributed by atoms with van der Waals surface area (Å²) in [5, 5.41) is 6.29. The van der Waals surface area contributed by atoms with Gasteiger partial charge in [-0.05, 0) is 41.8 Å². The van der Waals surface area contributed by atoms with Gasteiger partial charge in [-0.15, -0.1) is 23.7 Å². The lowest BCUT2D eigenvalue weighted by Crippen LogP contribution is -2.22. The Morgan fingerprint density at radius 3 is 2.71 bits per heavy atom.